The molecule has 0 aliphatic rings. The highest BCUT2D eigenvalue weighted by atomic mass is 35.5. The predicted octanol–water partition coefficient (Wildman–Crippen LogP) is 5.05. The van der Waals surface area contributed by atoms with Crippen molar-refractivity contribution < 1.29 is 14.3 Å². The standard InChI is InChI=1S/C25H26Cl2N6O3/c1-15(29)33(2)18-6-7-19(22(13-18)36-11-3-10-28)24(34)31-21-8-4-16(26)12-20(21)25(35)32-23-9-5-17(27)14-30-23/h4-9,12-14,29H,3,10-11,28H2,1-2H3,(H,31,34)(H,30,32,35). The molecule has 3 aromatic rings. The number of carbonyl (C=O) groups excluding carboxylic acids is 2. The van der Waals surface area contributed by atoms with E-state index in [0.29, 0.717) is 52.7 Å². The zero-order valence-corrected chi connectivity index (χ0v) is 21.3. The molecule has 2 amide bonds. The fraction of sp³-hybridized carbons (Fsp3) is 0.200. The highest BCUT2D eigenvalue weighted by molar-refractivity contribution is 6.31. The summed E-state index contributed by atoms with van der Waals surface area (Å²) in [5.74, 6) is -0.0533. The number of amides is 2. The molecule has 5 N–H and O–H groups in total. The summed E-state index contributed by atoms with van der Waals surface area (Å²) in [7, 11) is 1.75. The van der Waals surface area contributed by atoms with E-state index in [-0.39, 0.29) is 16.8 Å². The van der Waals surface area contributed by atoms with Crippen LogP contribution in [0.5, 0.6) is 5.75 Å². The summed E-state index contributed by atoms with van der Waals surface area (Å²) in [5.41, 5.74) is 6.91. The monoisotopic (exact) mass is 528 g/mol. The number of carbonyl (C=O) groups is 2. The van der Waals surface area contributed by atoms with Gasteiger partial charge in [-0.25, -0.2) is 4.98 Å². The van der Waals surface area contributed by atoms with Gasteiger partial charge in [-0.3, -0.25) is 15.0 Å². The molecule has 0 unspecified atom stereocenters. The van der Waals surface area contributed by atoms with Gasteiger partial charge in [-0.15, -0.1) is 0 Å². The first-order valence-electron chi connectivity index (χ1n) is 11.0. The highest BCUT2D eigenvalue weighted by Gasteiger charge is 2.19. The first-order valence-corrected chi connectivity index (χ1v) is 11.7. The van der Waals surface area contributed by atoms with E-state index < -0.39 is 11.8 Å². The van der Waals surface area contributed by atoms with Crippen molar-refractivity contribution in [3.8, 4) is 5.75 Å². The molecule has 1 aromatic heterocycles. The molecule has 0 radical (unpaired) electrons. The number of pyridine rings is 1. The van der Waals surface area contributed by atoms with Crippen LogP contribution in [0.1, 0.15) is 34.1 Å². The molecule has 0 spiro atoms. The van der Waals surface area contributed by atoms with E-state index in [1.807, 2.05) is 0 Å². The van der Waals surface area contributed by atoms with E-state index in [0.717, 1.165) is 0 Å². The van der Waals surface area contributed by atoms with Gasteiger partial charge in [-0.1, -0.05) is 23.2 Å². The van der Waals surface area contributed by atoms with Gasteiger partial charge < -0.3 is 26.0 Å². The quantitative estimate of drug-likeness (QED) is 0.174. The molecule has 0 aliphatic heterocycles. The van der Waals surface area contributed by atoms with Gasteiger partial charge in [0.2, 0.25) is 0 Å². The Balaban J connectivity index is 1.89. The molecule has 0 fully saturated rings. The topological polar surface area (TPSA) is 133 Å². The lowest BCUT2D eigenvalue weighted by Crippen LogP contribution is -2.23. The maximum atomic E-state index is 13.3. The van der Waals surface area contributed by atoms with Crippen LogP contribution in [0.2, 0.25) is 10.0 Å². The third-order valence-corrected chi connectivity index (χ3v) is 5.61. The molecule has 0 atom stereocenters. The summed E-state index contributed by atoms with van der Waals surface area (Å²) in [6.45, 7) is 2.41. The summed E-state index contributed by atoms with van der Waals surface area (Å²) >= 11 is 12.0. The molecule has 11 heteroatoms. The van der Waals surface area contributed by atoms with E-state index in [9.17, 15) is 9.59 Å². The molecule has 0 saturated heterocycles. The first kappa shape index (κ1) is 26.9. The van der Waals surface area contributed by atoms with Crippen LogP contribution >= 0.6 is 23.2 Å². The van der Waals surface area contributed by atoms with Gasteiger partial charge in [0.1, 0.15) is 11.6 Å². The third kappa shape index (κ3) is 6.94. The molecule has 9 nitrogen and oxygen atoms in total. The number of nitrogens with two attached hydrogens (primary N) is 1. The van der Waals surface area contributed by atoms with Gasteiger partial charge in [-0.2, -0.15) is 0 Å². The lowest BCUT2D eigenvalue weighted by atomic mass is 10.1. The van der Waals surface area contributed by atoms with E-state index in [1.54, 1.807) is 61.3 Å². The lowest BCUT2D eigenvalue weighted by Gasteiger charge is -2.20. The van der Waals surface area contributed by atoms with Crippen LogP contribution in [0, 0.1) is 5.41 Å². The molecule has 0 saturated carbocycles. The normalized spacial score (nSPS) is 10.5. The number of rotatable bonds is 9. The largest absolute Gasteiger partial charge is 0.493 e. The maximum absolute atomic E-state index is 13.3. The number of nitrogens with zero attached hydrogens (tertiary/aromatic N) is 2. The Bertz CT molecular complexity index is 1270. The van der Waals surface area contributed by atoms with Crippen molar-refractivity contribution in [2.75, 3.05) is 35.7 Å². The molecule has 36 heavy (non-hydrogen) atoms. The fourth-order valence-electron chi connectivity index (χ4n) is 3.12. The van der Waals surface area contributed by atoms with Crippen molar-refractivity contribution in [2.24, 2.45) is 5.73 Å². The first-order chi connectivity index (χ1) is 17.2. The molecular formula is C25H26Cl2N6O3. The Morgan fingerprint density at radius 2 is 1.75 bits per heavy atom. The Labute approximate surface area is 219 Å². The van der Waals surface area contributed by atoms with Crippen molar-refractivity contribution in [3.05, 3.63) is 75.9 Å². The van der Waals surface area contributed by atoms with Crippen LogP contribution in [0.3, 0.4) is 0 Å². The van der Waals surface area contributed by atoms with Gasteiger partial charge >= 0.3 is 0 Å². The van der Waals surface area contributed by atoms with Gasteiger partial charge in [0.25, 0.3) is 11.8 Å². The van der Waals surface area contributed by atoms with E-state index in [4.69, 9.17) is 39.1 Å². The van der Waals surface area contributed by atoms with Crippen molar-refractivity contribution in [1.29, 1.82) is 5.41 Å². The second kappa shape index (κ2) is 12.3. The Morgan fingerprint density at radius 3 is 2.42 bits per heavy atom. The number of hydrogen-bond donors (Lipinski definition) is 4. The molecule has 3 rings (SSSR count). The van der Waals surface area contributed by atoms with E-state index in [2.05, 4.69) is 15.6 Å². The van der Waals surface area contributed by atoms with Crippen molar-refractivity contribution in [1.82, 2.24) is 4.98 Å². The smallest absolute Gasteiger partial charge is 0.259 e. The minimum atomic E-state index is -0.513. The number of amidine groups is 1. The second-order valence-corrected chi connectivity index (χ2v) is 8.65. The summed E-state index contributed by atoms with van der Waals surface area (Å²) in [6, 6.07) is 12.7. The van der Waals surface area contributed by atoms with Crippen LogP contribution in [0.25, 0.3) is 0 Å². The number of ether oxygens (including phenoxy) is 1. The van der Waals surface area contributed by atoms with Crippen molar-refractivity contribution in [2.45, 2.75) is 13.3 Å². The van der Waals surface area contributed by atoms with Crippen LogP contribution < -0.4 is 26.0 Å². The summed E-state index contributed by atoms with van der Waals surface area (Å²) in [5, 5.41) is 14.1. The predicted molar refractivity (Wildman–Crippen MR) is 144 cm³/mol. The number of hydrogen-bond acceptors (Lipinski definition) is 6. The Hall–Kier alpha value is -3.66. The van der Waals surface area contributed by atoms with Gasteiger partial charge in [0.15, 0.2) is 0 Å². The lowest BCUT2D eigenvalue weighted by molar-refractivity contribution is 0.102. The number of nitrogens with one attached hydrogen (secondary N) is 3. The number of benzene rings is 2. The van der Waals surface area contributed by atoms with Gasteiger partial charge in [0, 0.05) is 30.0 Å². The molecule has 2 aromatic carbocycles. The van der Waals surface area contributed by atoms with E-state index >= 15 is 0 Å². The summed E-state index contributed by atoms with van der Waals surface area (Å²) in [6.07, 6.45) is 2.01. The zero-order valence-electron chi connectivity index (χ0n) is 19.8. The Kier molecular flexibility index (Phi) is 9.24. The minimum absolute atomic E-state index is 0.147. The van der Waals surface area contributed by atoms with Crippen LogP contribution in [-0.2, 0) is 0 Å². The zero-order chi connectivity index (χ0) is 26.2. The van der Waals surface area contributed by atoms with Crippen LogP contribution in [0.4, 0.5) is 17.2 Å². The molecule has 1 heterocycles. The minimum Gasteiger partial charge on any atom is -0.493 e. The average molecular weight is 529 g/mol. The molecule has 188 valence electrons. The molecule has 0 bridgehead atoms. The number of aromatic nitrogens is 1. The van der Waals surface area contributed by atoms with Crippen molar-refractivity contribution >= 4 is 58.0 Å². The fourth-order valence-corrected chi connectivity index (χ4v) is 3.41. The molecule has 0 aliphatic carbocycles. The second-order valence-electron chi connectivity index (χ2n) is 7.78. The molecular weight excluding hydrogens is 503 g/mol. The summed E-state index contributed by atoms with van der Waals surface area (Å²) < 4.78 is 5.83. The number of halogens is 2. The van der Waals surface area contributed by atoms with Crippen LogP contribution in [0.15, 0.2) is 54.7 Å². The maximum Gasteiger partial charge on any atom is 0.259 e. The van der Waals surface area contributed by atoms with Gasteiger partial charge in [-0.05, 0) is 62.4 Å². The third-order valence-electron chi connectivity index (χ3n) is 5.15. The SMILES string of the molecule is CC(=N)N(C)c1ccc(C(=O)Nc2ccc(Cl)cc2C(=O)Nc2ccc(Cl)cn2)c(OCCCN)c1. The number of anilines is 3. The van der Waals surface area contributed by atoms with Crippen molar-refractivity contribution in [3.63, 3.8) is 0 Å². The Morgan fingerprint density at radius 1 is 1.03 bits per heavy atom. The highest BCUT2D eigenvalue weighted by Crippen LogP contribution is 2.28. The van der Waals surface area contributed by atoms with E-state index in [1.165, 1.54) is 12.3 Å². The van der Waals surface area contributed by atoms with Gasteiger partial charge in [0.05, 0.1) is 34.3 Å². The van der Waals surface area contributed by atoms with Crippen LogP contribution in [-0.4, -0.2) is 42.8 Å². The summed E-state index contributed by atoms with van der Waals surface area (Å²) in [4.78, 5) is 31.9. The average Bonchev–Trinajstić information content (AvgIpc) is 2.86.